The second kappa shape index (κ2) is 11.5. The zero-order valence-electron chi connectivity index (χ0n) is 23.1. The van der Waals surface area contributed by atoms with E-state index in [0.717, 1.165) is 23.3 Å². The van der Waals surface area contributed by atoms with Crippen LogP contribution in [-0.4, -0.2) is 35.6 Å². The summed E-state index contributed by atoms with van der Waals surface area (Å²) in [6.45, 7) is 3.79. The number of carbonyl (C=O) groups is 4. The molecule has 4 aromatic carbocycles. The Hall–Kier alpha value is -5.35. The number of Topliss-reactive ketones (excluding diaryl/α,β-unsaturated/α-hetero) is 1. The van der Waals surface area contributed by atoms with Crippen molar-refractivity contribution in [3.63, 3.8) is 0 Å². The number of aryl methyl sites for hydroxylation is 2. The fraction of sp³-hybridized carbons (Fsp3) is 0.125. The summed E-state index contributed by atoms with van der Waals surface area (Å²) in [4.78, 5) is 65.0. The van der Waals surface area contributed by atoms with Crippen LogP contribution in [0.25, 0.3) is 0 Å². The number of ketones is 1. The second-order valence-corrected chi connectivity index (χ2v) is 10.2. The number of anilines is 1. The van der Waals surface area contributed by atoms with Gasteiger partial charge in [-0.2, -0.15) is 0 Å². The predicted octanol–water partition coefficient (Wildman–Crippen LogP) is 6.46. The van der Waals surface area contributed by atoms with Gasteiger partial charge in [0.15, 0.2) is 6.10 Å². The highest BCUT2D eigenvalue weighted by Crippen LogP contribution is 2.40. The van der Waals surface area contributed by atoms with Crippen molar-refractivity contribution in [1.29, 1.82) is 0 Å². The molecule has 0 unspecified atom stereocenters. The number of esters is 1. The molecule has 1 aliphatic heterocycles. The molecule has 0 radical (unpaired) electrons. The number of nitrogens with zero attached hydrogens (tertiary/aromatic N) is 2. The molecule has 43 heavy (non-hydrogen) atoms. The monoisotopic (exact) mass is 598 g/mol. The van der Waals surface area contributed by atoms with Gasteiger partial charge in [0.2, 0.25) is 5.78 Å². The zero-order chi connectivity index (χ0) is 31.0. The van der Waals surface area contributed by atoms with Gasteiger partial charge >= 0.3 is 5.97 Å². The fourth-order valence-corrected chi connectivity index (χ4v) is 5.05. The van der Waals surface area contributed by atoms with Crippen LogP contribution < -0.4 is 9.64 Å². The van der Waals surface area contributed by atoms with Crippen molar-refractivity contribution in [2.75, 3.05) is 12.0 Å². The molecule has 0 N–H and O–H groups in total. The topological polar surface area (TPSA) is 133 Å². The predicted molar refractivity (Wildman–Crippen MR) is 157 cm³/mol. The van der Waals surface area contributed by atoms with Crippen molar-refractivity contribution in [3.05, 3.63) is 133 Å². The highest BCUT2D eigenvalue weighted by molar-refractivity contribution is 6.40. The summed E-state index contributed by atoms with van der Waals surface area (Å²) < 4.78 is 11.1. The highest BCUT2D eigenvalue weighted by Gasteiger charge is 2.43. The molecular formula is C32H23ClN2O8. The van der Waals surface area contributed by atoms with Gasteiger partial charge in [-0.3, -0.25) is 24.5 Å². The van der Waals surface area contributed by atoms with Gasteiger partial charge < -0.3 is 9.47 Å². The third-order valence-electron chi connectivity index (χ3n) is 7.18. The van der Waals surface area contributed by atoms with Crippen LogP contribution in [0, 0.1) is 24.0 Å². The van der Waals surface area contributed by atoms with Crippen LogP contribution >= 0.6 is 11.6 Å². The van der Waals surface area contributed by atoms with E-state index >= 15 is 0 Å². The third-order valence-corrected chi connectivity index (χ3v) is 7.48. The number of ether oxygens (including phenoxy) is 2. The van der Waals surface area contributed by atoms with Crippen molar-refractivity contribution in [2.24, 2.45) is 0 Å². The van der Waals surface area contributed by atoms with Gasteiger partial charge in [0.05, 0.1) is 28.3 Å². The quantitative estimate of drug-likeness (QED) is 0.0742. The Bertz CT molecular complexity index is 1840. The average Bonchev–Trinajstić information content (AvgIpc) is 3.26. The smallest absolute Gasteiger partial charge is 0.343 e. The van der Waals surface area contributed by atoms with Gasteiger partial charge in [-0.1, -0.05) is 60.1 Å². The first-order valence-corrected chi connectivity index (χ1v) is 13.3. The van der Waals surface area contributed by atoms with E-state index in [1.54, 1.807) is 42.5 Å². The first-order valence-electron chi connectivity index (χ1n) is 12.9. The Morgan fingerprint density at radius 1 is 0.907 bits per heavy atom. The van der Waals surface area contributed by atoms with Gasteiger partial charge in [-0.25, -0.2) is 9.69 Å². The largest absolute Gasteiger partial charge is 0.496 e. The number of nitro benzene ring substituents is 1. The molecule has 216 valence electrons. The number of imide groups is 1. The summed E-state index contributed by atoms with van der Waals surface area (Å²) in [5.74, 6) is -3.28. The molecule has 5 rings (SSSR count). The van der Waals surface area contributed by atoms with Crippen molar-refractivity contribution in [3.8, 4) is 5.75 Å². The Kier molecular flexibility index (Phi) is 7.79. The minimum atomic E-state index is -1.31. The van der Waals surface area contributed by atoms with Crippen LogP contribution in [0.15, 0.2) is 78.9 Å². The number of rotatable bonds is 8. The van der Waals surface area contributed by atoms with Crippen molar-refractivity contribution in [2.45, 2.75) is 20.0 Å². The Morgan fingerprint density at radius 3 is 2.28 bits per heavy atom. The molecule has 1 atom stereocenters. The molecule has 0 fully saturated rings. The number of fused-ring (bicyclic) bond motifs is 1. The summed E-state index contributed by atoms with van der Waals surface area (Å²) >= 11 is 6.49. The lowest BCUT2D eigenvalue weighted by molar-refractivity contribution is -0.385. The molecule has 0 saturated heterocycles. The average molecular weight is 599 g/mol. The number of methoxy groups -OCH3 is 1. The first kappa shape index (κ1) is 29.2. The molecule has 2 amide bonds. The Morgan fingerprint density at radius 2 is 1.63 bits per heavy atom. The molecule has 0 spiro atoms. The van der Waals surface area contributed by atoms with E-state index in [1.165, 1.54) is 25.3 Å². The second-order valence-electron chi connectivity index (χ2n) is 9.77. The van der Waals surface area contributed by atoms with Crippen LogP contribution in [-0.2, 0) is 4.74 Å². The summed E-state index contributed by atoms with van der Waals surface area (Å²) in [6.07, 6.45) is -1.31. The summed E-state index contributed by atoms with van der Waals surface area (Å²) in [5, 5.41) is 11.3. The lowest BCUT2D eigenvalue weighted by atomic mass is 9.97. The van der Waals surface area contributed by atoms with Crippen molar-refractivity contribution in [1.82, 2.24) is 0 Å². The summed E-state index contributed by atoms with van der Waals surface area (Å²) in [6, 6.07) is 19.8. The van der Waals surface area contributed by atoms with Crippen LogP contribution in [0.1, 0.15) is 64.2 Å². The maximum absolute atomic E-state index is 13.6. The molecule has 0 bridgehead atoms. The first-order chi connectivity index (χ1) is 20.5. The standard InChI is InChI=1S/C32H23ClN2O8/c1-17-12-13-20(14-18(17)2)28(36)29(19-8-5-4-6-9-19)43-32(39)22-15-23(33)25(16-26(22)42-3)34-30(37)21-10-7-11-24(35(40)41)27(21)31(34)38/h4-16,29H,1-3H3/t29-/m1/s1. The van der Waals surface area contributed by atoms with Crippen LogP contribution in [0.5, 0.6) is 5.75 Å². The lowest BCUT2D eigenvalue weighted by Gasteiger charge is -2.21. The molecule has 0 aliphatic carbocycles. The van der Waals surface area contributed by atoms with Crippen LogP contribution in [0.2, 0.25) is 5.02 Å². The molecule has 10 nitrogen and oxygen atoms in total. The molecular weight excluding hydrogens is 576 g/mol. The van der Waals surface area contributed by atoms with E-state index < -0.39 is 40.3 Å². The number of carbonyl (C=O) groups excluding carboxylic acids is 4. The van der Waals surface area contributed by atoms with Gasteiger partial charge in [0.25, 0.3) is 17.5 Å². The third kappa shape index (κ3) is 5.24. The van der Waals surface area contributed by atoms with Gasteiger partial charge in [0.1, 0.15) is 16.9 Å². The maximum atomic E-state index is 13.6. The lowest BCUT2D eigenvalue weighted by Crippen LogP contribution is -2.30. The molecule has 1 heterocycles. The van der Waals surface area contributed by atoms with E-state index in [4.69, 9.17) is 21.1 Å². The molecule has 0 aromatic heterocycles. The minimum absolute atomic E-state index is 0.110. The van der Waals surface area contributed by atoms with E-state index in [-0.39, 0.29) is 33.1 Å². The molecule has 1 aliphatic rings. The fourth-order valence-electron chi connectivity index (χ4n) is 4.80. The number of benzene rings is 4. The number of hydrogen-bond donors (Lipinski definition) is 0. The van der Waals surface area contributed by atoms with E-state index in [0.29, 0.717) is 16.0 Å². The Balaban J connectivity index is 1.51. The van der Waals surface area contributed by atoms with Gasteiger partial charge in [0, 0.05) is 23.3 Å². The SMILES string of the molecule is COc1cc(N2C(=O)c3cccc([N+](=O)[O-])c3C2=O)c(Cl)cc1C(=O)O[C@@H](C(=O)c1ccc(C)c(C)c1)c1ccccc1. The summed E-state index contributed by atoms with van der Waals surface area (Å²) in [7, 11) is 1.26. The zero-order valence-corrected chi connectivity index (χ0v) is 23.9. The minimum Gasteiger partial charge on any atom is -0.496 e. The molecule has 4 aromatic rings. The van der Waals surface area contributed by atoms with E-state index in [2.05, 4.69) is 0 Å². The molecule has 11 heteroatoms. The van der Waals surface area contributed by atoms with Crippen LogP contribution in [0.3, 0.4) is 0 Å². The number of hydrogen-bond acceptors (Lipinski definition) is 8. The highest BCUT2D eigenvalue weighted by atomic mass is 35.5. The van der Waals surface area contributed by atoms with Crippen molar-refractivity contribution >= 4 is 46.5 Å². The van der Waals surface area contributed by atoms with Gasteiger partial charge in [-0.05, 0) is 43.2 Å². The Labute approximate surface area is 250 Å². The normalized spacial score (nSPS) is 13.0. The molecule has 0 saturated carbocycles. The number of amides is 2. The number of halogens is 1. The van der Waals surface area contributed by atoms with Gasteiger partial charge in [-0.15, -0.1) is 0 Å². The number of nitro groups is 1. The summed E-state index contributed by atoms with van der Waals surface area (Å²) in [5.41, 5.74) is 1.30. The van der Waals surface area contributed by atoms with Crippen molar-refractivity contribution < 1.29 is 33.6 Å². The van der Waals surface area contributed by atoms with E-state index in [1.807, 2.05) is 19.9 Å². The van der Waals surface area contributed by atoms with Crippen LogP contribution in [0.4, 0.5) is 11.4 Å². The maximum Gasteiger partial charge on any atom is 0.343 e. The van der Waals surface area contributed by atoms with E-state index in [9.17, 15) is 29.3 Å².